The number of halogens is 3. The quantitative estimate of drug-likeness (QED) is 0.838. The van der Waals surface area contributed by atoms with E-state index in [1.165, 1.54) is 0 Å². The molecule has 0 aliphatic heterocycles. The first-order valence-corrected chi connectivity index (χ1v) is 5.62. The maximum Gasteiger partial charge on any atom is 0.227 e. The highest BCUT2D eigenvalue weighted by Gasteiger charge is 2.32. The Balaban J connectivity index is 2.49. The minimum absolute atomic E-state index is 0.272. The minimum Gasteiger partial charge on any atom is -0.388 e. The molecule has 1 amide bonds. The summed E-state index contributed by atoms with van der Waals surface area (Å²) in [6.45, 7) is 0. The van der Waals surface area contributed by atoms with Crippen LogP contribution in [0.3, 0.4) is 0 Å². The van der Waals surface area contributed by atoms with E-state index in [2.05, 4.69) is 5.32 Å². The van der Waals surface area contributed by atoms with E-state index in [0.29, 0.717) is 5.69 Å². The third-order valence-electron chi connectivity index (χ3n) is 1.81. The lowest BCUT2D eigenvalue weighted by molar-refractivity contribution is -0.117. The first-order chi connectivity index (χ1) is 7.39. The van der Waals surface area contributed by atoms with Crippen LogP contribution in [0, 0.1) is 0 Å². The molecule has 0 bridgehead atoms. The standard InChI is InChI=1S/C10H10Cl3NO2/c11-10(12,13)8(15)6-9(16)14-7-4-2-1-3-5-7/h1-5,8,15H,6H2,(H,14,16)/t8-/m0/s1. The van der Waals surface area contributed by atoms with Gasteiger partial charge in [0.1, 0.15) is 6.10 Å². The molecule has 0 saturated carbocycles. The number of alkyl halides is 3. The molecule has 0 aromatic heterocycles. The normalized spacial score (nSPS) is 13.2. The molecule has 0 radical (unpaired) electrons. The van der Waals surface area contributed by atoms with Crippen molar-refractivity contribution >= 4 is 46.4 Å². The molecule has 0 spiro atoms. The number of aliphatic hydroxyl groups is 1. The van der Waals surface area contributed by atoms with E-state index in [1.807, 2.05) is 6.07 Å². The molecule has 1 aromatic rings. The molecular formula is C10H10Cl3NO2. The number of aliphatic hydroxyl groups excluding tert-OH is 1. The van der Waals surface area contributed by atoms with Gasteiger partial charge in [0.25, 0.3) is 0 Å². The van der Waals surface area contributed by atoms with Gasteiger partial charge in [-0.1, -0.05) is 53.0 Å². The van der Waals surface area contributed by atoms with Crippen molar-refractivity contribution in [3.8, 4) is 0 Å². The number of hydrogen-bond acceptors (Lipinski definition) is 2. The predicted octanol–water partition coefficient (Wildman–Crippen LogP) is 2.75. The smallest absolute Gasteiger partial charge is 0.227 e. The van der Waals surface area contributed by atoms with Crippen LogP contribution in [0.25, 0.3) is 0 Å². The summed E-state index contributed by atoms with van der Waals surface area (Å²) in [4.78, 5) is 11.4. The molecule has 0 heterocycles. The van der Waals surface area contributed by atoms with Gasteiger partial charge in [-0.15, -0.1) is 0 Å². The summed E-state index contributed by atoms with van der Waals surface area (Å²) in [7, 11) is 0. The number of benzene rings is 1. The van der Waals surface area contributed by atoms with Gasteiger partial charge in [-0.2, -0.15) is 0 Å². The highest BCUT2D eigenvalue weighted by Crippen LogP contribution is 2.31. The summed E-state index contributed by atoms with van der Waals surface area (Å²) >= 11 is 16.3. The molecule has 0 fully saturated rings. The highest BCUT2D eigenvalue weighted by atomic mass is 35.6. The average Bonchev–Trinajstić information content (AvgIpc) is 2.17. The molecule has 0 saturated heterocycles. The van der Waals surface area contributed by atoms with E-state index >= 15 is 0 Å². The van der Waals surface area contributed by atoms with Gasteiger partial charge in [-0.05, 0) is 12.1 Å². The Bertz CT molecular complexity index is 351. The second-order valence-electron chi connectivity index (χ2n) is 3.18. The van der Waals surface area contributed by atoms with E-state index in [0.717, 1.165) is 0 Å². The van der Waals surface area contributed by atoms with E-state index in [1.54, 1.807) is 24.3 Å². The number of rotatable bonds is 3. The van der Waals surface area contributed by atoms with Crippen molar-refractivity contribution in [1.82, 2.24) is 0 Å². The van der Waals surface area contributed by atoms with Gasteiger partial charge in [0.05, 0.1) is 6.42 Å². The molecule has 6 heteroatoms. The summed E-state index contributed by atoms with van der Waals surface area (Å²) < 4.78 is -1.85. The van der Waals surface area contributed by atoms with Crippen molar-refractivity contribution in [3.63, 3.8) is 0 Å². The van der Waals surface area contributed by atoms with Crippen LogP contribution in [0.1, 0.15) is 6.42 Å². The number of carbonyl (C=O) groups is 1. The monoisotopic (exact) mass is 281 g/mol. The van der Waals surface area contributed by atoms with Gasteiger partial charge in [-0.25, -0.2) is 0 Å². The van der Waals surface area contributed by atoms with Crippen LogP contribution >= 0.6 is 34.8 Å². The zero-order valence-corrected chi connectivity index (χ0v) is 10.4. The molecule has 1 rings (SSSR count). The fourth-order valence-corrected chi connectivity index (χ4v) is 1.26. The summed E-state index contributed by atoms with van der Waals surface area (Å²) in [5.41, 5.74) is 0.629. The lowest BCUT2D eigenvalue weighted by atomic mass is 10.2. The van der Waals surface area contributed by atoms with Crippen molar-refractivity contribution < 1.29 is 9.90 Å². The van der Waals surface area contributed by atoms with Gasteiger partial charge in [0.2, 0.25) is 9.70 Å². The number of anilines is 1. The Hall–Kier alpha value is -0.480. The van der Waals surface area contributed by atoms with Crippen LogP contribution in [-0.2, 0) is 4.79 Å². The third kappa shape index (κ3) is 4.58. The van der Waals surface area contributed by atoms with E-state index in [-0.39, 0.29) is 6.42 Å². The third-order valence-corrected chi connectivity index (χ3v) is 2.57. The van der Waals surface area contributed by atoms with E-state index in [9.17, 15) is 9.90 Å². The molecule has 88 valence electrons. The van der Waals surface area contributed by atoms with Crippen LogP contribution in [-0.4, -0.2) is 20.9 Å². The topological polar surface area (TPSA) is 49.3 Å². The van der Waals surface area contributed by atoms with Crippen LogP contribution in [0.5, 0.6) is 0 Å². The fourth-order valence-electron chi connectivity index (χ4n) is 1.02. The Morgan fingerprint density at radius 2 is 1.88 bits per heavy atom. The van der Waals surface area contributed by atoms with E-state index in [4.69, 9.17) is 34.8 Å². The van der Waals surface area contributed by atoms with Crippen LogP contribution in [0.2, 0.25) is 0 Å². The summed E-state index contributed by atoms with van der Waals surface area (Å²) in [5, 5.41) is 11.9. The minimum atomic E-state index is -1.85. The van der Waals surface area contributed by atoms with Gasteiger partial charge >= 0.3 is 0 Å². The number of carbonyl (C=O) groups excluding carboxylic acids is 1. The summed E-state index contributed by atoms with van der Waals surface area (Å²) in [6, 6.07) is 8.83. The van der Waals surface area contributed by atoms with Gasteiger partial charge in [0, 0.05) is 5.69 Å². The molecule has 3 nitrogen and oxygen atoms in total. The lowest BCUT2D eigenvalue weighted by Gasteiger charge is -2.18. The van der Waals surface area contributed by atoms with E-state index < -0.39 is 15.8 Å². The number of para-hydroxylation sites is 1. The first kappa shape index (κ1) is 13.6. The Kier molecular flexibility index (Phi) is 4.87. The first-order valence-electron chi connectivity index (χ1n) is 4.49. The molecule has 16 heavy (non-hydrogen) atoms. The predicted molar refractivity (Wildman–Crippen MR) is 66.0 cm³/mol. The van der Waals surface area contributed by atoms with Crippen molar-refractivity contribution in [2.75, 3.05) is 5.32 Å². The zero-order chi connectivity index (χ0) is 12.2. The number of amides is 1. The maximum absolute atomic E-state index is 11.4. The molecular weight excluding hydrogens is 272 g/mol. The Morgan fingerprint density at radius 1 is 1.31 bits per heavy atom. The van der Waals surface area contributed by atoms with Crippen LogP contribution < -0.4 is 5.32 Å². The molecule has 0 unspecified atom stereocenters. The van der Waals surface area contributed by atoms with Crippen molar-refractivity contribution in [2.45, 2.75) is 16.3 Å². The van der Waals surface area contributed by atoms with Gasteiger partial charge < -0.3 is 10.4 Å². The van der Waals surface area contributed by atoms with Gasteiger partial charge in [-0.3, -0.25) is 4.79 Å². The molecule has 1 atom stereocenters. The average molecular weight is 283 g/mol. The molecule has 2 N–H and O–H groups in total. The number of hydrogen-bond donors (Lipinski definition) is 2. The Labute approximate surface area is 108 Å². The van der Waals surface area contributed by atoms with Crippen LogP contribution in [0.15, 0.2) is 30.3 Å². The highest BCUT2D eigenvalue weighted by molar-refractivity contribution is 6.68. The largest absolute Gasteiger partial charge is 0.388 e. The van der Waals surface area contributed by atoms with Crippen molar-refractivity contribution in [3.05, 3.63) is 30.3 Å². The molecule has 0 aliphatic carbocycles. The lowest BCUT2D eigenvalue weighted by Crippen LogP contribution is -2.30. The molecule has 1 aromatic carbocycles. The van der Waals surface area contributed by atoms with Crippen LogP contribution in [0.4, 0.5) is 5.69 Å². The zero-order valence-electron chi connectivity index (χ0n) is 8.16. The second kappa shape index (κ2) is 5.73. The van der Waals surface area contributed by atoms with Gasteiger partial charge in [0.15, 0.2) is 0 Å². The summed E-state index contributed by atoms with van der Waals surface area (Å²) in [6.07, 6.45) is -1.60. The molecule has 0 aliphatic rings. The summed E-state index contributed by atoms with van der Waals surface area (Å²) in [5.74, 6) is -0.412. The second-order valence-corrected chi connectivity index (χ2v) is 5.54. The SMILES string of the molecule is O=C(C[C@H](O)C(Cl)(Cl)Cl)Nc1ccccc1. The number of nitrogens with one attached hydrogen (secondary N) is 1. The van der Waals surface area contributed by atoms with Crippen molar-refractivity contribution in [1.29, 1.82) is 0 Å². The van der Waals surface area contributed by atoms with Crippen molar-refractivity contribution in [2.24, 2.45) is 0 Å². The Morgan fingerprint density at radius 3 is 2.38 bits per heavy atom. The fraction of sp³-hybridized carbons (Fsp3) is 0.300. The maximum atomic E-state index is 11.4.